The molecular weight excluding hydrogens is 512 g/mol. The fraction of sp³-hybridized carbons (Fsp3) is 0.800. The van der Waals surface area contributed by atoms with Crippen molar-refractivity contribution in [2.75, 3.05) is 38.2 Å². The number of hydrogen-bond donors (Lipinski definition) is 2. The van der Waals surface area contributed by atoms with Crippen molar-refractivity contribution in [3.8, 4) is 5.75 Å². The van der Waals surface area contributed by atoms with Gasteiger partial charge in [-0.2, -0.15) is 0 Å². The topological polar surface area (TPSA) is 73.2 Å². The number of ether oxygens (including phenoxy) is 1. The van der Waals surface area contributed by atoms with Gasteiger partial charge < -0.3 is 24.7 Å². The molecule has 6 nitrogen and oxygen atoms in total. The van der Waals surface area contributed by atoms with Crippen LogP contribution in [0.1, 0.15) is 85.0 Å². The monoisotopic (exact) mass is 566 g/mol. The Bertz CT molecular complexity index is 1090. The number of aliphatic hydroxyl groups is 2. The van der Waals surface area contributed by atoms with Gasteiger partial charge in [0.2, 0.25) is 5.91 Å². The summed E-state index contributed by atoms with van der Waals surface area (Å²) >= 11 is 0. The van der Waals surface area contributed by atoms with Gasteiger partial charge in [-0.05, 0) is 116 Å². The first-order valence-corrected chi connectivity index (χ1v) is 16.7. The molecule has 1 aromatic carbocycles. The van der Waals surface area contributed by atoms with E-state index in [0.29, 0.717) is 41.9 Å². The van der Waals surface area contributed by atoms with Gasteiger partial charge in [-0.25, -0.2) is 0 Å². The lowest BCUT2D eigenvalue weighted by Crippen LogP contribution is -2.58. The lowest BCUT2D eigenvalue weighted by Gasteiger charge is -2.62. The fourth-order valence-corrected chi connectivity index (χ4v) is 11.0. The van der Waals surface area contributed by atoms with E-state index in [0.717, 1.165) is 69.7 Å². The smallest absolute Gasteiger partial charge is 0.222 e. The molecule has 4 aliphatic carbocycles. The summed E-state index contributed by atoms with van der Waals surface area (Å²) < 4.78 is 5.55. The minimum Gasteiger partial charge on any atom is -0.495 e. The Morgan fingerprint density at radius 1 is 1.00 bits per heavy atom. The second-order valence-electron chi connectivity index (χ2n) is 14.9. The van der Waals surface area contributed by atoms with Crippen molar-refractivity contribution in [2.45, 2.75) is 97.2 Å². The number of carbonyl (C=O) groups is 1. The van der Waals surface area contributed by atoms with E-state index in [2.05, 4.69) is 36.6 Å². The molecule has 0 bridgehead atoms. The van der Waals surface area contributed by atoms with E-state index in [9.17, 15) is 15.0 Å². The molecule has 10 atom stereocenters. The molecule has 41 heavy (non-hydrogen) atoms. The number of hydrogen-bond acceptors (Lipinski definition) is 5. The van der Waals surface area contributed by atoms with E-state index in [1.807, 2.05) is 18.2 Å². The van der Waals surface area contributed by atoms with Crippen LogP contribution in [-0.2, 0) is 4.79 Å². The molecule has 0 spiro atoms. The summed E-state index contributed by atoms with van der Waals surface area (Å²) in [6.45, 7) is 10.4. The first-order valence-electron chi connectivity index (χ1n) is 16.7. The highest BCUT2D eigenvalue weighted by Gasteiger charge is 2.63. The zero-order valence-corrected chi connectivity index (χ0v) is 25.9. The van der Waals surface area contributed by atoms with Crippen LogP contribution in [0.3, 0.4) is 0 Å². The number of carbonyl (C=O) groups excluding carboxylic acids is 1. The number of piperazine rings is 1. The Labute approximate surface area is 247 Å². The van der Waals surface area contributed by atoms with Crippen molar-refractivity contribution in [3.05, 3.63) is 24.3 Å². The molecule has 2 N–H and O–H groups in total. The zero-order chi connectivity index (χ0) is 28.9. The molecule has 1 saturated heterocycles. The van der Waals surface area contributed by atoms with Crippen LogP contribution in [0.15, 0.2) is 24.3 Å². The number of fused-ring (bicyclic) bond motifs is 5. The number of anilines is 1. The summed E-state index contributed by atoms with van der Waals surface area (Å²) in [4.78, 5) is 17.7. The number of benzene rings is 1. The predicted octanol–water partition coefficient (Wildman–Crippen LogP) is 5.75. The average Bonchev–Trinajstić information content (AvgIpc) is 3.35. The van der Waals surface area contributed by atoms with Gasteiger partial charge in [0.15, 0.2) is 0 Å². The van der Waals surface area contributed by atoms with Crippen molar-refractivity contribution in [2.24, 2.45) is 46.3 Å². The molecule has 1 heterocycles. The number of aliphatic hydroxyl groups excluding tert-OH is 2. The summed E-state index contributed by atoms with van der Waals surface area (Å²) in [7, 11) is 1.71. The van der Waals surface area contributed by atoms with Crippen LogP contribution in [0, 0.1) is 46.3 Å². The van der Waals surface area contributed by atoms with Gasteiger partial charge in [0.25, 0.3) is 0 Å². The van der Waals surface area contributed by atoms with Crippen LogP contribution < -0.4 is 9.64 Å². The van der Waals surface area contributed by atoms with E-state index < -0.39 is 0 Å². The van der Waals surface area contributed by atoms with Crippen molar-refractivity contribution in [3.63, 3.8) is 0 Å². The van der Waals surface area contributed by atoms with Crippen LogP contribution in [0.5, 0.6) is 5.75 Å². The van der Waals surface area contributed by atoms with Crippen molar-refractivity contribution in [1.82, 2.24) is 4.90 Å². The second kappa shape index (κ2) is 11.4. The van der Waals surface area contributed by atoms with Gasteiger partial charge in [0, 0.05) is 32.6 Å². The molecule has 1 aliphatic heterocycles. The third-order valence-corrected chi connectivity index (χ3v) is 13.4. The zero-order valence-electron chi connectivity index (χ0n) is 25.9. The number of nitrogens with zero attached hydrogens (tertiary/aromatic N) is 2. The summed E-state index contributed by atoms with van der Waals surface area (Å²) in [6.07, 6.45) is 10.0. The van der Waals surface area contributed by atoms with Gasteiger partial charge in [-0.3, -0.25) is 4.79 Å². The lowest BCUT2D eigenvalue weighted by atomic mass is 9.43. The van der Waals surface area contributed by atoms with Gasteiger partial charge in [-0.15, -0.1) is 0 Å². The highest BCUT2D eigenvalue weighted by atomic mass is 16.5. The van der Waals surface area contributed by atoms with Crippen molar-refractivity contribution >= 4 is 11.6 Å². The third kappa shape index (κ3) is 4.99. The van der Waals surface area contributed by atoms with Gasteiger partial charge in [0.05, 0.1) is 25.0 Å². The Balaban J connectivity index is 1.05. The first-order chi connectivity index (χ1) is 19.7. The van der Waals surface area contributed by atoms with Crippen molar-refractivity contribution < 1.29 is 19.7 Å². The minimum absolute atomic E-state index is 0.0403. The van der Waals surface area contributed by atoms with E-state index in [-0.39, 0.29) is 28.9 Å². The van der Waals surface area contributed by atoms with E-state index >= 15 is 0 Å². The minimum atomic E-state index is -0.259. The third-order valence-electron chi connectivity index (χ3n) is 13.4. The maximum absolute atomic E-state index is 13.3. The Hall–Kier alpha value is -1.79. The SMILES string of the molecule is COc1ccccc1N1CCN(C(=O)CC[C@@H](C)[C@H]2CC[C@H]3[C@@H]4CC[C@@H]5C[C@H](O)CC[C@]5(C)[C@H]4C[C@H](O)[C@]23C)CC1. The predicted molar refractivity (Wildman–Crippen MR) is 163 cm³/mol. The van der Waals surface area contributed by atoms with Gasteiger partial charge in [0.1, 0.15) is 5.75 Å². The molecular formula is C35H54N2O4. The Morgan fingerprint density at radius 3 is 2.51 bits per heavy atom. The molecule has 0 unspecified atom stereocenters. The Kier molecular flexibility index (Phi) is 8.12. The highest BCUT2D eigenvalue weighted by molar-refractivity contribution is 5.76. The molecule has 0 radical (unpaired) electrons. The number of methoxy groups -OCH3 is 1. The molecule has 0 aromatic heterocycles. The molecule has 4 saturated carbocycles. The standard InChI is InChI=1S/C35H54N2O4/c1-23(9-14-33(40)37-19-17-36(18-20-37)30-7-5-6-8-31(30)41-4)27-12-13-28-26-11-10-24-21-25(38)15-16-34(24,2)29(26)22-32(39)35(27,28)3/h5-8,23-29,32,38-39H,9-22H2,1-4H3/t23-,24-,25-,26+,27-,28+,29+,32+,34+,35-/m1/s1. The van der Waals surface area contributed by atoms with Crippen LogP contribution in [0.25, 0.3) is 0 Å². The van der Waals surface area contributed by atoms with Crippen LogP contribution >= 0.6 is 0 Å². The molecule has 5 aliphatic rings. The van der Waals surface area contributed by atoms with Crippen LogP contribution in [0.2, 0.25) is 0 Å². The quantitative estimate of drug-likeness (QED) is 0.459. The average molecular weight is 567 g/mol. The molecule has 1 aromatic rings. The number of amides is 1. The summed E-state index contributed by atoms with van der Waals surface area (Å²) in [5.41, 5.74) is 1.34. The van der Waals surface area contributed by atoms with E-state index in [1.54, 1.807) is 7.11 Å². The molecule has 5 fully saturated rings. The molecule has 1 amide bonds. The largest absolute Gasteiger partial charge is 0.495 e. The summed E-state index contributed by atoms with van der Waals surface area (Å²) in [5.74, 6) is 4.59. The second-order valence-corrected chi connectivity index (χ2v) is 14.9. The number of para-hydroxylation sites is 2. The van der Waals surface area contributed by atoms with E-state index in [1.165, 1.54) is 25.7 Å². The maximum atomic E-state index is 13.3. The normalized spacial score (nSPS) is 41.3. The van der Waals surface area contributed by atoms with Crippen molar-refractivity contribution in [1.29, 1.82) is 0 Å². The van der Waals surface area contributed by atoms with E-state index in [4.69, 9.17) is 4.74 Å². The summed E-state index contributed by atoms with van der Waals surface area (Å²) in [6, 6.07) is 8.13. The van der Waals surface area contributed by atoms with Crippen LogP contribution in [0.4, 0.5) is 5.69 Å². The van der Waals surface area contributed by atoms with Gasteiger partial charge >= 0.3 is 0 Å². The fourth-order valence-electron chi connectivity index (χ4n) is 11.0. The highest BCUT2D eigenvalue weighted by Crippen LogP contribution is 2.68. The molecule has 6 rings (SSSR count). The van der Waals surface area contributed by atoms with Crippen LogP contribution in [-0.4, -0.2) is 66.5 Å². The summed E-state index contributed by atoms with van der Waals surface area (Å²) in [5, 5.41) is 22.2. The maximum Gasteiger partial charge on any atom is 0.222 e. The van der Waals surface area contributed by atoms with Gasteiger partial charge in [-0.1, -0.05) is 32.9 Å². The molecule has 228 valence electrons. The number of rotatable bonds is 6. The lowest BCUT2D eigenvalue weighted by molar-refractivity contribution is -0.175. The molecule has 6 heteroatoms. The first kappa shape index (κ1) is 29.3. The Morgan fingerprint density at radius 2 is 1.76 bits per heavy atom.